The second kappa shape index (κ2) is 6.68. The van der Waals surface area contributed by atoms with Crippen molar-refractivity contribution in [1.29, 1.82) is 0 Å². The van der Waals surface area contributed by atoms with Crippen LogP contribution in [0.1, 0.15) is 31.3 Å². The first-order chi connectivity index (χ1) is 12.0. The number of fused-ring (bicyclic) bond motifs is 1. The fourth-order valence-electron chi connectivity index (χ4n) is 2.68. The Bertz CT molecular complexity index is 879. The first-order valence-corrected chi connectivity index (χ1v) is 8.50. The third-order valence-corrected chi connectivity index (χ3v) is 5.13. The van der Waals surface area contributed by atoms with E-state index < -0.39 is 0 Å². The van der Waals surface area contributed by atoms with Gasteiger partial charge in [0.2, 0.25) is 0 Å². The number of allylic oxidation sites excluding steroid dienone is 1. The minimum Gasteiger partial charge on any atom is -0.496 e. The van der Waals surface area contributed by atoms with Crippen LogP contribution in [0, 0.1) is 13.8 Å². The van der Waals surface area contributed by atoms with E-state index in [0.717, 1.165) is 15.7 Å². The highest BCUT2D eigenvalue weighted by Crippen LogP contribution is 2.36. The summed E-state index contributed by atoms with van der Waals surface area (Å²) >= 11 is 1.51. The lowest BCUT2D eigenvalue weighted by Crippen LogP contribution is -2.23. The van der Waals surface area contributed by atoms with Gasteiger partial charge in [-0.3, -0.25) is 9.59 Å². The standard InChI is InChI=1S/C18H18N2O4S/c1-9-10(2)25-18(20-9)19-8-11-7-12(21)15-13(23-3)5-6-14(24-4)16(15)17(11)22/h5-7H,8H2,1-4H3,(H,19,20). The summed E-state index contributed by atoms with van der Waals surface area (Å²) in [7, 11) is 2.94. The van der Waals surface area contributed by atoms with Gasteiger partial charge in [0.1, 0.15) is 11.5 Å². The fourth-order valence-corrected chi connectivity index (χ4v) is 3.49. The molecule has 0 spiro atoms. The van der Waals surface area contributed by atoms with Crippen LogP contribution in [0.3, 0.4) is 0 Å². The Kier molecular flexibility index (Phi) is 4.59. The molecule has 0 fully saturated rings. The molecule has 1 aromatic carbocycles. The van der Waals surface area contributed by atoms with Crippen LogP contribution in [0.5, 0.6) is 11.5 Å². The van der Waals surface area contributed by atoms with E-state index in [1.54, 1.807) is 12.1 Å². The lowest BCUT2D eigenvalue weighted by molar-refractivity contribution is 0.0978. The molecule has 1 N–H and O–H groups in total. The average molecular weight is 358 g/mol. The van der Waals surface area contributed by atoms with Crippen molar-refractivity contribution in [3.63, 3.8) is 0 Å². The van der Waals surface area contributed by atoms with Crippen LogP contribution in [0.4, 0.5) is 5.13 Å². The van der Waals surface area contributed by atoms with Crippen LogP contribution in [0.25, 0.3) is 0 Å². The normalized spacial score (nSPS) is 13.4. The number of Topliss-reactive ketones (excluding diaryl/α,β-unsaturated/α-hetero) is 1. The average Bonchev–Trinajstić information content (AvgIpc) is 2.93. The van der Waals surface area contributed by atoms with Gasteiger partial charge < -0.3 is 14.8 Å². The van der Waals surface area contributed by atoms with Crippen LogP contribution in [-0.2, 0) is 0 Å². The number of hydrogen-bond donors (Lipinski definition) is 1. The second-order valence-corrected chi connectivity index (χ2v) is 6.80. The Morgan fingerprint density at radius 1 is 1.08 bits per heavy atom. The van der Waals surface area contributed by atoms with Crippen LogP contribution >= 0.6 is 11.3 Å². The smallest absolute Gasteiger partial charge is 0.195 e. The van der Waals surface area contributed by atoms with Gasteiger partial charge in [-0.15, -0.1) is 11.3 Å². The van der Waals surface area contributed by atoms with Gasteiger partial charge in [-0.2, -0.15) is 0 Å². The fraction of sp³-hybridized carbons (Fsp3) is 0.278. The molecular formula is C18H18N2O4S. The highest BCUT2D eigenvalue weighted by Gasteiger charge is 2.31. The van der Waals surface area contributed by atoms with Gasteiger partial charge >= 0.3 is 0 Å². The molecule has 0 unspecified atom stereocenters. The number of methoxy groups -OCH3 is 2. The van der Waals surface area contributed by atoms with Crippen molar-refractivity contribution in [3.05, 3.63) is 45.5 Å². The Labute approximate surface area is 149 Å². The Morgan fingerprint density at radius 2 is 1.72 bits per heavy atom. The molecule has 0 radical (unpaired) electrons. The van der Waals surface area contributed by atoms with Gasteiger partial charge in [-0.05, 0) is 32.1 Å². The maximum Gasteiger partial charge on any atom is 0.195 e. The summed E-state index contributed by atoms with van der Waals surface area (Å²) in [5.74, 6) is 0.209. The molecule has 6 nitrogen and oxygen atoms in total. The maximum atomic E-state index is 12.9. The number of benzene rings is 1. The molecular weight excluding hydrogens is 340 g/mol. The molecule has 1 aliphatic rings. The summed E-state index contributed by atoms with van der Waals surface area (Å²) in [5.41, 5.74) is 1.81. The van der Waals surface area contributed by atoms with E-state index in [9.17, 15) is 9.59 Å². The van der Waals surface area contributed by atoms with Gasteiger partial charge in [0.15, 0.2) is 16.7 Å². The largest absolute Gasteiger partial charge is 0.496 e. The van der Waals surface area contributed by atoms with Crippen LogP contribution in [0.15, 0.2) is 23.8 Å². The monoisotopic (exact) mass is 358 g/mol. The van der Waals surface area contributed by atoms with Crippen LogP contribution in [-0.4, -0.2) is 37.3 Å². The summed E-state index contributed by atoms with van der Waals surface area (Å²) in [6, 6.07) is 3.26. The van der Waals surface area contributed by atoms with Crippen molar-refractivity contribution >= 4 is 28.0 Å². The number of carbonyl (C=O) groups excluding carboxylic acids is 2. The summed E-state index contributed by atoms with van der Waals surface area (Å²) in [6.45, 7) is 4.13. The number of anilines is 1. The van der Waals surface area contributed by atoms with Crippen molar-refractivity contribution in [2.24, 2.45) is 0 Å². The topological polar surface area (TPSA) is 77.5 Å². The van der Waals surface area contributed by atoms with Gasteiger partial charge in [-0.25, -0.2) is 4.98 Å². The molecule has 0 amide bonds. The molecule has 0 saturated carbocycles. The van der Waals surface area contributed by atoms with Gasteiger partial charge in [0.05, 0.1) is 31.0 Å². The molecule has 1 heterocycles. The summed E-state index contributed by atoms with van der Waals surface area (Å²) in [5, 5.41) is 3.84. The molecule has 0 aliphatic heterocycles. The van der Waals surface area contributed by atoms with E-state index in [1.807, 2.05) is 13.8 Å². The maximum absolute atomic E-state index is 12.9. The van der Waals surface area contributed by atoms with Crippen molar-refractivity contribution in [2.75, 3.05) is 26.1 Å². The third kappa shape index (κ3) is 3.02. The quantitative estimate of drug-likeness (QED) is 0.884. The molecule has 25 heavy (non-hydrogen) atoms. The number of hydrogen-bond acceptors (Lipinski definition) is 7. The summed E-state index contributed by atoms with van der Waals surface area (Å²) < 4.78 is 10.5. The molecule has 3 rings (SSSR count). The summed E-state index contributed by atoms with van der Waals surface area (Å²) in [6.07, 6.45) is 1.35. The van der Waals surface area contributed by atoms with E-state index in [0.29, 0.717) is 17.1 Å². The highest BCUT2D eigenvalue weighted by molar-refractivity contribution is 7.15. The Balaban J connectivity index is 1.93. The number of nitrogens with one attached hydrogen (secondary N) is 1. The van der Waals surface area contributed by atoms with E-state index in [1.165, 1.54) is 31.6 Å². The molecule has 1 aliphatic carbocycles. The zero-order chi connectivity index (χ0) is 18.1. The molecule has 0 saturated heterocycles. The number of rotatable bonds is 5. The van der Waals surface area contributed by atoms with Crippen molar-refractivity contribution < 1.29 is 19.1 Å². The highest BCUT2D eigenvalue weighted by atomic mass is 32.1. The molecule has 7 heteroatoms. The SMILES string of the molecule is COc1ccc(OC)c2c1C(=O)C=C(CNc1nc(C)c(C)s1)C2=O. The van der Waals surface area contributed by atoms with Crippen molar-refractivity contribution in [2.45, 2.75) is 13.8 Å². The number of thiazole rings is 1. The number of ether oxygens (including phenoxy) is 2. The van der Waals surface area contributed by atoms with Crippen LogP contribution < -0.4 is 14.8 Å². The van der Waals surface area contributed by atoms with Gasteiger partial charge in [0, 0.05) is 17.0 Å². The van der Waals surface area contributed by atoms with Gasteiger partial charge in [0.25, 0.3) is 0 Å². The van der Waals surface area contributed by atoms with Crippen molar-refractivity contribution in [1.82, 2.24) is 4.98 Å². The lowest BCUT2D eigenvalue weighted by Gasteiger charge is -2.20. The van der Waals surface area contributed by atoms with E-state index in [-0.39, 0.29) is 29.2 Å². The Hall–Kier alpha value is -2.67. The Morgan fingerprint density at radius 3 is 2.28 bits per heavy atom. The predicted molar refractivity (Wildman–Crippen MR) is 96.4 cm³/mol. The number of aryl methyl sites for hydroxylation is 2. The number of carbonyl (C=O) groups is 2. The lowest BCUT2D eigenvalue weighted by atomic mass is 9.88. The number of aromatic nitrogens is 1. The molecule has 1 aromatic heterocycles. The van der Waals surface area contributed by atoms with E-state index >= 15 is 0 Å². The zero-order valence-electron chi connectivity index (χ0n) is 14.4. The van der Waals surface area contributed by atoms with E-state index in [2.05, 4.69) is 10.3 Å². The minimum absolute atomic E-state index is 0.219. The first-order valence-electron chi connectivity index (χ1n) is 7.68. The second-order valence-electron chi connectivity index (χ2n) is 5.60. The van der Waals surface area contributed by atoms with E-state index in [4.69, 9.17) is 9.47 Å². The zero-order valence-corrected chi connectivity index (χ0v) is 15.2. The third-order valence-electron chi connectivity index (χ3n) is 4.10. The van der Waals surface area contributed by atoms with Crippen molar-refractivity contribution in [3.8, 4) is 11.5 Å². The minimum atomic E-state index is -0.270. The van der Waals surface area contributed by atoms with Crippen LogP contribution in [0.2, 0.25) is 0 Å². The molecule has 130 valence electrons. The number of nitrogens with zero attached hydrogens (tertiary/aromatic N) is 1. The summed E-state index contributed by atoms with van der Waals surface area (Å²) in [4.78, 5) is 30.9. The molecule has 0 atom stereocenters. The first kappa shape index (κ1) is 17.2. The molecule has 0 bridgehead atoms. The molecule has 2 aromatic rings. The van der Waals surface area contributed by atoms with Gasteiger partial charge in [-0.1, -0.05) is 0 Å². The predicted octanol–water partition coefficient (Wildman–Crippen LogP) is 3.19. The number of ketones is 2.